The third-order valence-corrected chi connectivity index (χ3v) is 5.87. The fraction of sp³-hybridized carbons (Fsp3) is 0.333. The van der Waals surface area contributed by atoms with Crippen molar-refractivity contribution in [2.24, 2.45) is 5.92 Å². The maximum atomic E-state index is 12.7. The Hall–Kier alpha value is -2.44. The first-order chi connectivity index (χ1) is 13.1. The Labute approximate surface area is 162 Å². The van der Waals surface area contributed by atoms with Gasteiger partial charge in [0.2, 0.25) is 5.91 Å². The molecular formula is C21H23N3O2S. The van der Waals surface area contributed by atoms with E-state index in [0.717, 1.165) is 16.0 Å². The van der Waals surface area contributed by atoms with E-state index in [9.17, 15) is 4.79 Å². The number of fused-ring (bicyclic) bond motifs is 1. The van der Waals surface area contributed by atoms with Crippen LogP contribution in [-0.2, 0) is 4.79 Å². The summed E-state index contributed by atoms with van der Waals surface area (Å²) >= 11 is 1.50. The van der Waals surface area contributed by atoms with E-state index < -0.39 is 0 Å². The number of amides is 1. The van der Waals surface area contributed by atoms with Crippen molar-refractivity contribution in [1.82, 2.24) is 10.3 Å². The van der Waals surface area contributed by atoms with Crippen molar-refractivity contribution in [3.05, 3.63) is 54.1 Å². The van der Waals surface area contributed by atoms with Gasteiger partial charge in [-0.1, -0.05) is 35.6 Å². The van der Waals surface area contributed by atoms with Gasteiger partial charge in [0, 0.05) is 6.04 Å². The zero-order valence-corrected chi connectivity index (χ0v) is 16.3. The molecule has 0 saturated heterocycles. The molecule has 1 aliphatic carbocycles. The van der Waals surface area contributed by atoms with Gasteiger partial charge in [-0.25, -0.2) is 4.98 Å². The molecule has 1 amide bonds. The summed E-state index contributed by atoms with van der Waals surface area (Å²) < 4.78 is 6.32. The lowest BCUT2D eigenvalue weighted by atomic mass is 10.0. The molecule has 0 spiro atoms. The van der Waals surface area contributed by atoms with E-state index in [0.29, 0.717) is 11.0 Å². The van der Waals surface area contributed by atoms with Crippen molar-refractivity contribution in [3.8, 4) is 5.75 Å². The highest BCUT2D eigenvalue weighted by Crippen LogP contribution is 2.41. The molecule has 1 fully saturated rings. The van der Waals surface area contributed by atoms with Crippen LogP contribution in [0.5, 0.6) is 5.75 Å². The zero-order chi connectivity index (χ0) is 18.8. The molecule has 6 heteroatoms. The molecule has 5 nitrogen and oxygen atoms in total. The minimum Gasteiger partial charge on any atom is -0.497 e. The number of thiazole rings is 1. The first kappa shape index (κ1) is 17.9. The number of carbonyl (C=O) groups is 1. The number of hydrogen-bond acceptors (Lipinski definition) is 5. The molecule has 3 aromatic rings. The summed E-state index contributed by atoms with van der Waals surface area (Å²) in [5.74, 6) is 1.36. The van der Waals surface area contributed by atoms with Gasteiger partial charge in [0.15, 0.2) is 5.13 Å². The van der Waals surface area contributed by atoms with Crippen LogP contribution in [0.3, 0.4) is 0 Å². The Morgan fingerprint density at radius 2 is 1.93 bits per heavy atom. The fourth-order valence-corrected chi connectivity index (χ4v) is 4.10. The van der Waals surface area contributed by atoms with Crippen LogP contribution in [0.2, 0.25) is 0 Å². The number of para-hydroxylation sites is 1. The number of rotatable bonds is 7. The molecule has 4 rings (SSSR count). The summed E-state index contributed by atoms with van der Waals surface area (Å²) in [6.45, 7) is 1.90. The number of hydrogen-bond donors (Lipinski definition) is 2. The number of carbonyl (C=O) groups excluding carboxylic acids is 1. The molecule has 1 aliphatic rings. The lowest BCUT2D eigenvalue weighted by Crippen LogP contribution is -2.40. The molecule has 1 heterocycles. The maximum Gasteiger partial charge on any atom is 0.243 e. The molecule has 2 unspecified atom stereocenters. The minimum absolute atomic E-state index is 0.0618. The Kier molecular flexibility index (Phi) is 5.09. The van der Waals surface area contributed by atoms with E-state index in [1.54, 1.807) is 7.11 Å². The molecule has 1 saturated carbocycles. The molecule has 2 N–H and O–H groups in total. The van der Waals surface area contributed by atoms with Gasteiger partial charge in [-0.05, 0) is 55.5 Å². The summed E-state index contributed by atoms with van der Waals surface area (Å²) in [5, 5.41) is 7.10. The Balaban J connectivity index is 1.43. The average molecular weight is 382 g/mol. The molecule has 140 valence electrons. The second-order valence-corrected chi connectivity index (χ2v) is 7.98. The maximum absolute atomic E-state index is 12.7. The number of benzene rings is 2. The minimum atomic E-state index is -0.315. The van der Waals surface area contributed by atoms with Crippen LogP contribution >= 0.6 is 11.3 Å². The lowest BCUT2D eigenvalue weighted by Gasteiger charge is -2.23. The van der Waals surface area contributed by atoms with Gasteiger partial charge in [-0.15, -0.1) is 0 Å². The van der Waals surface area contributed by atoms with Gasteiger partial charge in [0.05, 0.1) is 23.4 Å². The van der Waals surface area contributed by atoms with Crippen LogP contribution in [0, 0.1) is 5.92 Å². The monoisotopic (exact) mass is 381 g/mol. The molecule has 0 bridgehead atoms. The summed E-state index contributed by atoms with van der Waals surface area (Å²) in [5.41, 5.74) is 2.10. The number of anilines is 1. The van der Waals surface area contributed by atoms with Crippen molar-refractivity contribution in [3.63, 3.8) is 0 Å². The smallest absolute Gasteiger partial charge is 0.243 e. The van der Waals surface area contributed by atoms with Gasteiger partial charge in [0.1, 0.15) is 5.75 Å². The van der Waals surface area contributed by atoms with Gasteiger partial charge in [-0.3, -0.25) is 10.1 Å². The van der Waals surface area contributed by atoms with E-state index in [4.69, 9.17) is 4.74 Å². The predicted octanol–water partition coefficient (Wildman–Crippen LogP) is 4.37. The number of methoxy groups -OCH3 is 1. The molecule has 2 atom stereocenters. The standard InChI is InChI=1S/C21H23N3O2S/c1-13(20(25)24-21-23-17-5-3-4-6-18(17)27-21)22-19(14-7-8-14)15-9-11-16(26-2)12-10-15/h3-6,9-14,19,22H,7-8H2,1-2H3,(H,23,24,25). The van der Waals surface area contributed by atoms with E-state index in [-0.39, 0.29) is 18.0 Å². The van der Waals surface area contributed by atoms with Crippen molar-refractivity contribution in [1.29, 1.82) is 0 Å². The second-order valence-electron chi connectivity index (χ2n) is 6.95. The topological polar surface area (TPSA) is 63.2 Å². The third-order valence-electron chi connectivity index (χ3n) is 4.92. The largest absolute Gasteiger partial charge is 0.497 e. The summed E-state index contributed by atoms with van der Waals surface area (Å²) in [4.78, 5) is 17.2. The van der Waals surface area contributed by atoms with Crippen LogP contribution in [0.25, 0.3) is 10.2 Å². The molecule has 0 radical (unpaired) electrons. The zero-order valence-electron chi connectivity index (χ0n) is 15.4. The van der Waals surface area contributed by atoms with Crippen molar-refractivity contribution >= 4 is 32.6 Å². The molecular weight excluding hydrogens is 358 g/mol. The normalized spacial score (nSPS) is 16.1. The molecule has 0 aliphatic heterocycles. The predicted molar refractivity (Wildman–Crippen MR) is 109 cm³/mol. The van der Waals surface area contributed by atoms with Gasteiger partial charge in [-0.2, -0.15) is 0 Å². The first-order valence-corrected chi connectivity index (χ1v) is 10.0. The SMILES string of the molecule is COc1ccc(C(NC(C)C(=O)Nc2nc3ccccc3s2)C2CC2)cc1. The highest BCUT2D eigenvalue weighted by atomic mass is 32.1. The van der Waals surface area contributed by atoms with Crippen molar-refractivity contribution in [2.75, 3.05) is 12.4 Å². The summed E-state index contributed by atoms with van der Waals surface area (Å²) in [6, 6.07) is 15.8. The van der Waals surface area contributed by atoms with Crippen molar-refractivity contribution in [2.45, 2.75) is 31.8 Å². The van der Waals surface area contributed by atoms with Gasteiger partial charge >= 0.3 is 0 Å². The van der Waals surface area contributed by atoms with Crippen LogP contribution in [-0.4, -0.2) is 24.0 Å². The van der Waals surface area contributed by atoms with Gasteiger partial charge in [0.25, 0.3) is 0 Å². The van der Waals surface area contributed by atoms with Crippen LogP contribution in [0.15, 0.2) is 48.5 Å². The van der Waals surface area contributed by atoms with E-state index in [1.807, 2.05) is 43.3 Å². The molecule has 1 aromatic heterocycles. The summed E-state index contributed by atoms with van der Waals surface area (Å²) in [6.07, 6.45) is 2.38. The van der Waals surface area contributed by atoms with E-state index >= 15 is 0 Å². The van der Waals surface area contributed by atoms with E-state index in [2.05, 4.69) is 27.8 Å². The Morgan fingerprint density at radius 1 is 1.19 bits per heavy atom. The van der Waals surface area contributed by atoms with E-state index in [1.165, 1.54) is 29.7 Å². The molecule has 2 aromatic carbocycles. The van der Waals surface area contributed by atoms with Gasteiger partial charge < -0.3 is 10.1 Å². The van der Waals surface area contributed by atoms with Crippen LogP contribution in [0.1, 0.15) is 31.4 Å². The Morgan fingerprint density at radius 3 is 2.59 bits per heavy atom. The first-order valence-electron chi connectivity index (χ1n) is 9.20. The number of aromatic nitrogens is 1. The number of nitrogens with one attached hydrogen (secondary N) is 2. The quantitative estimate of drug-likeness (QED) is 0.638. The Bertz CT molecular complexity index is 901. The van der Waals surface area contributed by atoms with Crippen molar-refractivity contribution < 1.29 is 9.53 Å². The van der Waals surface area contributed by atoms with Crippen LogP contribution in [0.4, 0.5) is 5.13 Å². The van der Waals surface area contributed by atoms with Crippen LogP contribution < -0.4 is 15.4 Å². The summed E-state index contributed by atoms with van der Waals surface area (Å²) in [7, 11) is 1.67. The number of ether oxygens (including phenoxy) is 1. The third kappa shape index (κ3) is 4.12. The molecule has 27 heavy (non-hydrogen) atoms. The highest BCUT2D eigenvalue weighted by molar-refractivity contribution is 7.22. The fourth-order valence-electron chi connectivity index (χ4n) is 3.23. The lowest BCUT2D eigenvalue weighted by molar-refractivity contribution is -0.118. The average Bonchev–Trinajstić information content (AvgIpc) is 3.45. The number of nitrogens with zero attached hydrogens (tertiary/aromatic N) is 1. The second kappa shape index (κ2) is 7.66. The highest BCUT2D eigenvalue weighted by Gasteiger charge is 2.34.